The number of hydrogen-bond donors (Lipinski definition) is 1. The van der Waals surface area contributed by atoms with Crippen LogP contribution in [0.1, 0.15) is 17.0 Å². The van der Waals surface area contributed by atoms with Gasteiger partial charge in [0.05, 0.1) is 28.6 Å². The number of aryl methyl sites for hydroxylation is 1. The Morgan fingerprint density at radius 1 is 1.07 bits per heavy atom. The summed E-state index contributed by atoms with van der Waals surface area (Å²) in [5.41, 5.74) is 2.75. The first kappa shape index (κ1) is 27.1. The molecule has 0 aliphatic carbocycles. The van der Waals surface area contributed by atoms with Crippen LogP contribution < -0.4 is 15.0 Å². The lowest BCUT2D eigenvalue weighted by Gasteiger charge is -2.16. The lowest BCUT2D eigenvalue weighted by Crippen LogP contribution is -2.33. The van der Waals surface area contributed by atoms with Crippen molar-refractivity contribution in [3.05, 3.63) is 98.9 Å². The predicted molar refractivity (Wildman–Crippen MR) is 157 cm³/mol. The average Bonchev–Trinajstić information content (AvgIpc) is 3.20. The highest BCUT2D eigenvalue weighted by Crippen LogP contribution is 2.35. The smallest absolute Gasteiger partial charge is 0.323 e. The molecule has 1 aliphatic heterocycles. The molecule has 40 heavy (non-hydrogen) atoms. The number of methoxy groups -OCH3 is 1. The normalized spacial score (nSPS) is 14.2. The zero-order chi connectivity index (χ0) is 28.4. The summed E-state index contributed by atoms with van der Waals surface area (Å²) >= 11 is 6.20. The number of ether oxygens (including phenoxy) is 2. The van der Waals surface area contributed by atoms with Crippen molar-refractivity contribution in [3.63, 3.8) is 0 Å². The van der Waals surface area contributed by atoms with E-state index in [9.17, 15) is 14.4 Å². The number of rotatable bonds is 8. The molecule has 1 amide bonds. The van der Waals surface area contributed by atoms with E-state index in [1.165, 1.54) is 7.11 Å². The summed E-state index contributed by atoms with van der Waals surface area (Å²) in [5, 5.41) is 9.54. The fraction of sp³-hybridized carbons (Fsp3) is 0.138. The second-order valence-electron chi connectivity index (χ2n) is 8.88. The van der Waals surface area contributed by atoms with Crippen LogP contribution in [0.2, 0.25) is 0 Å². The topological polar surface area (TPSA) is 111 Å². The Labute approximate surface area is 238 Å². The standard InChI is InChI=1S/C29H23N3O6S2/c1-17-7-10-19(11-8-17)32-25(30-21-6-4-3-5-20(21)27(32)35)16-38-22-12-9-18(13-23(22)37-2)14-24-28(36)31(15-26(33)34)29(39)40-24/h3-14H,15-16H2,1-2H3,(H,33,34)/b24-14+. The summed E-state index contributed by atoms with van der Waals surface area (Å²) in [5.74, 6) is -0.376. The Balaban J connectivity index is 1.44. The minimum Gasteiger partial charge on any atom is -0.493 e. The first-order valence-electron chi connectivity index (χ1n) is 12.1. The van der Waals surface area contributed by atoms with Crippen molar-refractivity contribution in [1.29, 1.82) is 0 Å². The fourth-order valence-corrected chi connectivity index (χ4v) is 5.45. The first-order valence-corrected chi connectivity index (χ1v) is 13.3. The molecule has 3 aromatic carbocycles. The molecule has 2 heterocycles. The average molecular weight is 574 g/mol. The number of carbonyl (C=O) groups excluding carboxylic acids is 1. The van der Waals surface area contributed by atoms with E-state index < -0.39 is 18.4 Å². The highest BCUT2D eigenvalue weighted by molar-refractivity contribution is 8.26. The molecule has 0 unspecified atom stereocenters. The van der Waals surface area contributed by atoms with Crippen molar-refractivity contribution in [2.24, 2.45) is 0 Å². The van der Waals surface area contributed by atoms with Gasteiger partial charge in [0.15, 0.2) is 17.3 Å². The number of fused-ring (bicyclic) bond motifs is 1. The molecule has 202 valence electrons. The lowest BCUT2D eigenvalue weighted by molar-refractivity contribution is -0.140. The molecule has 9 nitrogen and oxygen atoms in total. The maximum Gasteiger partial charge on any atom is 0.323 e. The third-order valence-corrected chi connectivity index (χ3v) is 7.52. The number of hydrogen-bond acceptors (Lipinski definition) is 8. The van der Waals surface area contributed by atoms with E-state index in [4.69, 9.17) is 31.8 Å². The number of thiocarbonyl (C=S) groups is 1. The summed E-state index contributed by atoms with van der Waals surface area (Å²) in [6.45, 7) is 1.47. The van der Waals surface area contributed by atoms with Gasteiger partial charge in [0.2, 0.25) is 0 Å². The number of aromatic nitrogens is 2. The fourth-order valence-electron chi connectivity index (χ4n) is 4.19. The molecule has 1 saturated heterocycles. The lowest BCUT2D eigenvalue weighted by atomic mass is 10.2. The van der Waals surface area contributed by atoms with Crippen LogP contribution in [0.5, 0.6) is 11.5 Å². The Morgan fingerprint density at radius 2 is 1.82 bits per heavy atom. The highest BCUT2D eigenvalue weighted by Gasteiger charge is 2.33. The van der Waals surface area contributed by atoms with Crippen LogP contribution in [0, 0.1) is 6.92 Å². The van der Waals surface area contributed by atoms with Gasteiger partial charge in [0.25, 0.3) is 11.5 Å². The molecule has 0 saturated carbocycles. The van der Waals surface area contributed by atoms with E-state index in [0.717, 1.165) is 22.2 Å². The largest absolute Gasteiger partial charge is 0.493 e. The van der Waals surface area contributed by atoms with Crippen molar-refractivity contribution in [3.8, 4) is 17.2 Å². The van der Waals surface area contributed by atoms with Crippen molar-refractivity contribution in [2.45, 2.75) is 13.5 Å². The Bertz CT molecular complexity index is 1750. The molecule has 1 aromatic heterocycles. The van der Waals surface area contributed by atoms with Crippen LogP contribution >= 0.6 is 24.0 Å². The van der Waals surface area contributed by atoms with Gasteiger partial charge in [0, 0.05) is 0 Å². The summed E-state index contributed by atoms with van der Waals surface area (Å²) in [6, 6.07) is 19.9. The third-order valence-electron chi connectivity index (χ3n) is 6.15. The second-order valence-corrected chi connectivity index (χ2v) is 10.6. The Morgan fingerprint density at radius 3 is 2.55 bits per heavy atom. The van der Waals surface area contributed by atoms with E-state index in [1.54, 1.807) is 47.0 Å². The van der Waals surface area contributed by atoms with Crippen LogP contribution in [0.15, 0.2) is 76.4 Å². The number of aliphatic carboxylic acids is 1. The summed E-state index contributed by atoms with van der Waals surface area (Å²) < 4.78 is 13.4. The quantitative estimate of drug-likeness (QED) is 0.239. The van der Waals surface area contributed by atoms with Gasteiger partial charge < -0.3 is 14.6 Å². The third kappa shape index (κ3) is 5.47. The van der Waals surface area contributed by atoms with Crippen molar-refractivity contribution in [1.82, 2.24) is 14.5 Å². The molecular weight excluding hydrogens is 550 g/mol. The van der Waals surface area contributed by atoms with E-state index in [-0.39, 0.29) is 16.5 Å². The molecule has 5 rings (SSSR count). The van der Waals surface area contributed by atoms with Gasteiger partial charge in [-0.15, -0.1) is 0 Å². The van der Waals surface area contributed by atoms with Crippen LogP contribution in [-0.4, -0.2) is 49.4 Å². The maximum absolute atomic E-state index is 13.5. The number of carboxylic acids is 1. The molecule has 4 aromatic rings. The highest BCUT2D eigenvalue weighted by atomic mass is 32.2. The van der Waals surface area contributed by atoms with Crippen LogP contribution in [-0.2, 0) is 16.2 Å². The maximum atomic E-state index is 13.5. The zero-order valence-corrected chi connectivity index (χ0v) is 23.1. The molecule has 0 atom stereocenters. The van der Waals surface area contributed by atoms with E-state index in [0.29, 0.717) is 44.4 Å². The Kier molecular flexibility index (Phi) is 7.67. The number of benzene rings is 3. The van der Waals surface area contributed by atoms with Crippen molar-refractivity contribution in [2.75, 3.05) is 13.7 Å². The number of amides is 1. The molecule has 0 spiro atoms. The van der Waals surface area contributed by atoms with Gasteiger partial charge in [-0.05, 0) is 55.0 Å². The number of carbonyl (C=O) groups is 2. The number of thioether (sulfide) groups is 1. The summed E-state index contributed by atoms with van der Waals surface area (Å²) in [7, 11) is 1.49. The van der Waals surface area contributed by atoms with Gasteiger partial charge in [0.1, 0.15) is 17.5 Å². The minimum absolute atomic E-state index is 0.0164. The van der Waals surface area contributed by atoms with Gasteiger partial charge >= 0.3 is 5.97 Å². The number of nitrogens with zero attached hydrogens (tertiary/aromatic N) is 3. The monoisotopic (exact) mass is 573 g/mol. The van der Waals surface area contributed by atoms with Crippen LogP contribution in [0.4, 0.5) is 0 Å². The van der Waals surface area contributed by atoms with Crippen LogP contribution in [0.3, 0.4) is 0 Å². The molecule has 1 aliphatic rings. The predicted octanol–water partition coefficient (Wildman–Crippen LogP) is 4.57. The Hall–Kier alpha value is -4.48. The van der Waals surface area contributed by atoms with E-state index in [1.807, 2.05) is 37.3 Å². The first-order chi connectivity index (χ1) is 19.2. The zero-order valence-electron chi connectivity index (χ0n) is 21.5. The molecule has 1 N–H and O–H groups in total. The molecule has 0 bridgehead atoms. The second kappa shape index (κ2) is 11.3. The van der Waals surface area contributed by atoms with Gasteiger partial charge in [-0.1, -0.05) is 59.9 Å². The molecule has 1 fully saturated rings. The minimum atomic E-state index is -1.14. The van der Waals surface area contributed by atoms with Gasteiger partial charge in [-0.25, -0.2) is 4.98 Å². The molecule has 11 heteroatoms. The van der Waals surface area contributed by atoms with E-state index >= 15 is 0 Å². The van der Waals surface area contributed by atoms with Gasteiger partial charge in [-0.2, -0.15) is 0 Å². The SMILES string of the molecule is COc1cc(/C=C2/SC(=S)N(CC(=O)O)C2=O)ccc1OCc1nc2ccccc2c(=O)n1-c1ccc(C)cc1. The van der Waals surface area contributed by atoms with Crippen molar-refractivity contribution < 1.29 is 24.2 Å². The number of carboxylic acid groups (broad SMARTS) is 1. The number of para-hydroxylation sites is 1. The summed E-state index contributed by atoms with van der Waals surface area (Å²) in [6.07, 6.45) is 1.62. The summed E-state index contributed by atoms with van der Waals surface area (Å²) in [4.78, 5) is 43.2. The van der Waals surface area contributed by atoms with Gasteiger partial charge in [-0.3, -0.25) is 23.9 Å². The van der Waals surface area contributed by atoms with Crippen molar-refractivity contribution >= 4 is 57.2 Å². The van der Waals surface area contributed by atoms with Crippen LogP contribution in [0.25, 0.3) is 22.7 Å². The molecule has 0 radical (unpaired) electrons. The van der Waals surface area contributed by atoms with E-state index in [2.05, 4.69) is 0 Å². The molecular formula is C29H23N3O6S2.